The Bertz CT molecular complexity index is 959. The first-order valence-corrected chi connectivity index (χ1v) is 13.5. The molecular formula is C28H46IN3O4. The Labute approximate surface area is 234 Å². The fraction of sp³-hybridized carbons (Fsp3) is 0.750. The number of aromatic nitrogens is 1. The molecule has 1 aromatic heterocycles. The number of amides is 1. The Kier molecular flexibility index (Phi) is 11.5. The van der Waals surface area contributed by atoms with E-state index in [0.717, 1.165) is 49.8 Å². The standard InChI is InChI=1S/C28H45N3O4.HI/c1-28(2,27(34)35-18-17-31(3,4)5)29-25(32)23-19-22-15-11-6-7-12-16-24(22)30(26(23)33)20-21-13-9-8-10-14-21;/h19,21H,6-18,20H2,1-5H3;1H. The van der Waals surface area contributed by atoms with Crippen LogP contribution in [0.5, 0.6) is 0 Å². The summed E-state index contributed by atoms with van der Waals surface area (Å²) in [5.74, 6) is -0.499. The van der Waals surface area contributed by atoms with Gasteiger partial charge in [0.1, 0.15) is 24.3 Å². The molecule has 8 heteroatoms. The van der Waals surface area contributed by atoms with Crippen molar-refractivity contribution < 1.29 is 42.8 Å². The van der Waals surface area contributed by atoms with Gasteiger partial charge in [-0.2, -0.15) is 0 Å². The molecule has 0 saturated heterocycles. The summed E-state index contributed by atoms with van der Waals surface area (Å²) in [5, 5.41) is 2.79. The lowest BCUT2D eigenvalue weighted by Gasteiger charge is -2.28. The number of nitrogens with zero attached hydrogens (tertiary/aromatic N) is 2. The van der Waals surface area contributed by atoms with Gasteiger partial charge in [0, 0.05) is 12.2 Å². The summed E-state index contributed by atoms with van der Waals surface area (Å²) in [6.45, 7) is 4.90. The molecule has 0 bridgehead atoms. The van der Waals surface area contributed by atoms with E-state index in [2.05, 4.69) is 5.32 Å². The Morgan fingerprint density at radius 1 is 1.03 bits per heavy atom. The van der Waals surface area contributed by atoms with Crippen LogP contribution in [0.1, 0.15) is 93.3 Å². The average molecular weight is 616 g/mol. The van der Waals surface area contributed by atoms with E-state index in [1.54, 1.807) is 19.9 Å². The van der Waals surface area contributed by atoms with Gasteiger partial charge in [0.2, 0.25) is 0 Å². The van der Waals surface area contributed by atoms with Gasteiger partial charge in [-0.15, -0.1) is 0 Å². The van der Waals surface area contributed by atoms with E-state index in [9.17, 15) is 14.4 Å². The molecule has 204 valence electrons. The summed E-state index contributed by atoms with van der Waals surface area (Å²) < 4.78 is 8.03. The fourth-order valence-corrected chi connectivity index (χ4v) is 5.21. The van der Waals surface area contributed by atoms with Crippen LogP contribution in [0.2, 0.25) is 0 Å². The van der Waals surface area contributed by atoms with E-state index in [1.807, 2.05) is 25.7 Å². The Morgan fingerprint density at radius 3 is 2.28 bits per heavy atom. The highest BCUT2D eigenvalue weighted by Gasteiger charge is 2.33. The number of esters is 1. The highest BCUT2D eigenvalue weighted by Crippen LogP contribution is 2.27. The number of fused-ring (bicyclic) bond motifs is 1. The third-order valence-corrected chi connectivity index (χ3v) is 7.44. The Balaban J connectivity index is 0.00000456. The third-order valence-electron chi connectivity index (χ3n) is 7.44. The molecule has 0 radical (unpaired) electrons. The number of halogens is 1. The van der Waals surface area contributed by atoms with Gasteiger partial charge in [0.05, 0.1) is 21.1 Å². The number of likely N-dealkylation sites (N-methyl/N-ethyl adjacent to an activating group) is 1. The number of carbonyl (C=O) groups excluding carboxylic acids is 2. The lowest BCUT2D eigenvalue weighted by atomic mass is 9.88. The molecule has 7 nitrogen and oxygen atoms in total. The monoisotopic (exact) mass is 615 g/mol. The zero-order chi connectivity index (χ0) is 25.6. The average Bonchev–Trinajstić information content (AvgIpc) is 2.76. The van der Waals surface area contributed by atoms with E-state index in [0.29, 0.717) is 23.5 Å². The molecular weight excluding hydrogens is 569 g/mol. The van der Waals surface area contributed by atoms with E-state index in [-0.39, 0.29) is 41.7 Å². The normalized spacial score (nSPS) is 17.2. The van der Waals surface area contributed by atoms with Crippen LogP contribution in [0.3, 0.4) is 0 Å². The Hall–Kier alpha value is -1.42. The number of hydrogen-bond donors (Lipinski definition) is 1. The van der Waals surface area contributed by atoms with E-state index < -0.39 is 17.4 Å². The van der Waals surface area contributed by atoms with Crippen LogP contribution in [-0.2, 0) is 28.9 Å². The van der Waals surface area contributed by atoms with E-state index in [4.69, 9.17) is 4.74 Å². The van der Waals surface area contributed by atoms with Gasteiger partial charge in [-0.3, -0.25) is 9.59 Å². The first-order chi connectivity index (χ1) is 16.5. The highest BCUT2D eigenvalue weighted by atomic mass is 127. The van der Waals surface area contributed by atoms with Gasteiger partial charge < -0.3 is 43.1 Å². The van der Waals surface area contributed by atoms with Crippen LogP contribution < -0.4 is 34.9 Å². The summed E-state index contributed by atoms with van der Waals surface area (Å²) in [5.41, 5.74) is 0.936. The van der Waals surface area contributed by atoms with Crippen molar-refractivity contribution in [2.75, 3.05) is 34.3 Å². The smallest absolute Gasteiger partial charge is 0.331 e. The van der Waals surface area contributed by atoms with Crippen LogP contribution >= 0.6 is 0 Å². The van der Waals surface area contributed by atoms with Gasteiger partial charge in [0.15, 0.2) is 0 Å². The summed E-state index contributed by atoms with van der Waals surface area (Å²) in [6, 6.07) is 1.80. The van der Waals surface area contributed by atoms with E-state index in [1.165, 1.54) is 32.1 Å². The predicted octanol–water partition coefficient (Wildman–Crippen LogP) is 0.849. The molecule has 1 aromatic rings. The number of hydrogen-bond acceptors (Lipinski definition) is 4. The molecule has 1 amide bonds. The zero-order valence-electron chi connectivity index (χ0n) is 23.0. The highest BCUT2D eigenvalue weighted by molar-refractivity contribution is 5.97. The molecule has 0 spiro atoms. The van der Waals surface area contributed by atoms with Crippen molar-refractivity contribution in [1.82, 2.24) is 9.88 Å². The maximum atomic E-state index is 13.7. The van der Waals surface area contributed by atoms with Gasteiger partial charge in [-0.1, -0.05) is 32.1 Å². The molecule has 0 atom stereocenters. The van der Waals surface area contributed by atoms with Crippen LogP contribution in [0.25, 0.3) is 0 Å². The van der Waals surface area contributed by atoms with Crippen molar-refractivity contribution in [2.45, 2.75) is 96.6 Å². The minimum absolute atomic E-state index is 0. The molecule has 3 rings (SSSR count). The maximum absolute atomic E-state index is 13.7. The lowest BCUT2D eigenvalue weighted by molar-refractivity contribution is -0.870. The topological polar surface area (TPSA) is 77.4 Å². The van der Waals surface area contributed by atoms with Crippen molar-refractivity contribution in [3.8, 4) is 0 Å². The van der Waals surface area contributed by atoms with Gasteiger partial charge in [-0.25, -0.2) is 4.79 Å². The van der Waals surface area contributed by atoms with E-state index >= 15 is 0 Å². The van der Waals surface area contributed by atoms with Gasteiger partial charge in [0.25, 0.3) is 11.5 Å². The quantitative estimate of drug-likeness (QED) is 0.268. The van der Waals surface area contributed by atoms with Crippen molar-refractivity contribution in [3.63, 3.8) is 0 Å². The number of ether oxygens (including phenoxy) is 1. The molecule has 0 unspecified atom stereocenters. The molecule has 1 heterocycles. The van der Waals surface area contributed by atoms with Crippen LogP contribution in [-0.4, -0.2) is 60.8 Å². The van der Waals surface area contributed by atoms with Crippen molar-refractivity contribution in [1.29, 1.82) is 0 Å². The second kappa shape index (κ2) is 13.4. The first kappa shape index (κ1) is 30.8. The van der Waals surface area contributed by atoms with Crippen molar-refractivity contribution in [2.24, 2.45) is 5.92 Å². The second-order valence-electron chi connectivity index (χ2n) is 12.1. The molecule has 1 N–H and O–H groups in total. The molecule has 0 aliphatic heterocycles. The molecule has 2 aliphatic rings. The number of aryl methyl sites for hydroxylation is 1. The SMILES string of the molecule is CC(C)(NC(=O)c1cc2c(n(CC3CCCCC3)c1=O)CCCCCC2)C(=O)OCC[N+](C)(C)C.[I-]. The van der Waals surface area contributed by atoms with Crippen LogP contribution in [0, 0.1) is 5.92 Å². The zero-order valence-corrected chi connectivity index (χ0v) is 25.1. The lowest BCUT2D eigenvalue weighted by Crippen LogP contribution is -3.00. The van der Waals surface area contributed by atoms with Crippen molar-refractivity contribution >= 4 is 11.9 Å². The number of nitrogens with one attached hydrogen (secondary N) is 1. The predicted molar refractivity (Wildman–Crippen MR) is 139 cm³/mol. The second-order valence-corrected chi connectivity index (χ2v) is 12.1. The molecule has 0 aromatic carbocycles. The number of rotatable bonds is 8. The molecule has 1 fully saturated rings. The number of pyridine rings is 1. The first-order valence-electron chi connectivity index (χ1n) is 13.5. The largest absolute Gasteiger partial charge is 1.00 e. The van der Waals surface area contributed by atoms with Gasteiger partial charge >= 0.3 is 5.97 Å². The third kappa shape index (κ3) is 8.57. The minimum Gasteiger partial charge on any atom is -1.00 e. The molecule has 36 heavy (non-hydrogen) atoms. The van der Waals surface area contributed by atoms with Crippen LogP contribution in [0.15, 0.2) is 10.9 Å². The Morgan fingerprint density at radius 2 is 1.64 bits per heavy atom. The summed E-state index contributed by atoms with van der Waals surface area (Å²) in [4.78, 5) is 39.8. The number of quaternary nitrogens is 1. The molecule has 2 aliphatic carbocycles. The summed E-state index contributed by atoms with van der Waals surface area (Å²) >= 11 is 0. The van der Waals surface area contributed by atoms with Gasteiger partial charge in [-0.05, 0) is 69.9 Å². The minimum atomic E-state index is -1.23. The number of carbonyl (C=O) groups is 2. The maximum Gasteiger partial charge on any atom is 0.331 e. The fourth-order valence-electron chi connectivity index (χ4n) is 5.21. The summed E-state index contributed by atoms with van der Waals surface area (Å²) in [6.07, 6.45) is 12.3. The van der Waals surface area contributed by atoms with Crippen LogP contribution in [0.4, 0.5) is 0 Å². The molecule has 1 saturated carbocycles. The summed E-state index contributed by atoms with van der Waals surface area (Å²) in [7, 11) is 6.08. The van der Waals surface area contributed by atoms with Crippen molar-refractivity contribution in [3.05, 3.63) is 33.2 Å².